The molecule has 2 fully saturated rings. The van der Waals surface area contributed by atoms with Gasteiger partial charge in [0.1, 0.15) is 5.82 Å². The van der Waals surface area contributed by atoms with Crippen molar-refractivity contribution in [2.75, 3.05) is 47.5 Å². The fourth-order valence-electron chi connectivity index (χ4n) is 5.87. The first-order chi connectivity index (χ1) is 18.9. The highest BCUT2D eigenvalue weighted by atomic mass is 79.9. The van der Waals surface area contributed by atoms with Crippen molar-refractivity contribution in [3.63, 3.8) is 0 Å². The molecule has 1 heterocycles. The van der Waals surface area contributed by atoms with Crippen molar-refractivity contribution in [3.05, 3.63) is 57.8 Å². The van der Waals surface area contributed by atoms with Crippen molar-refractivity contribution in [1.82, 2.24) is 9.80 Å². The lowest BCUT2D eigenvalue weighted by Gasteiger charge is -2.34. The number of hydrogen-bond donors (Lipinski definition) is 0. The van der Waals surface area contributed by atoms with Crippen LogP contribution < -0.4 is 14.2 Å². The van der Waals surface area contributed by atoms with E-state index in [0.29, 0.717) is 41.9 Å². The molecule has 0 radical (unpaired) electrons. The second kappa shape index (κ2) is 14.2. The van der Waals surface area contributed by atoms with E-state index in [0.717, 1.165) is 41.9 Å². The third-order valence-corrected chi connectivity index (χ3v) is 8.36. The summed E-state index contributed by atoms with van der Waals surface area (Å²) in [5, 5.41) is 0. The molecule has 6 nitrogen and oxygen atoms in total. The molecule has 0 bridgehead atoms. The van der Waals surface area contributed by atoms with Gasteiger partial charge in [-0.25, -0.2) is 4.39 Å². The summed E-state index contributed by atoms with van der Waals surface area (Å²) in [4.78, 5) is 18.6. The lowest BCUT2D eigenvalue weighted by atomic mass is 9.89. The SMILES string of the molecule is COc1cc(C(=O)N(CC(Br)=Cc2ccc(F)cc2)C[C@@H]2CCCN2CC2CCCCC2)cc(OC)c1OC. The van der Waals surface area contributed by atoms with Crippen molar-refractivity contribution >= 4 is 27.9 Å². The Balaban J connectivity index is 1.59. The maximum atomic E-state index is 14.1. The average molecular weight is 604 g/mol. The van der Waals surface area contributed by atoms with Gasteiger partial charge in [0.05, 0.1) is 27.9 Å². The molecular weight excluding hydrogens is 563 g/mol. The summed E-state index contributed by atoms with van der Waals surface area (Å²) in [6.07, 6.45) is 10.8. The van der Waals surface area contributed by atoms with Crippen LogP contribution in [0.15, 0.2) is 40.9 Å². The topological polar surface area (TPSA) is 51.2 Å². The second-order valence-corrected chi connectivity index (χ2v) is 11.6. The number of carbonyl (C=O) groups is 1. The molecule has 2 aromatic carbocycles. The maximum Gasteiger partial charge on any atom is 0.254 e. The van der Waals surface area contributed by atoms with Gasteiger partial charge in [0.25, 0.3) is 5.91 Å². The molecule has 39 heavy (non-hydrogen) atoms. The first-order valence-electron chi connectivity index (χ1n) is 13.9. The van der Waals surface area contributed by atoms with E-state index in [1.54, 1.807) is 45.6 Å². The lowest BCUT2D eigenvalue weighted by Crippen LogP contribution is -2.45. The molecule has 1 atom stereocenters. The van der Waals surface area contributed by atoms with Crippen LogP contribution in [0.5, 0.6) is 17.2 Å². The molecular formula is C31H40BrFN2O4. The Labute approximate surface area is 240 Å². The molecule has 0 aromatic heterocycles. The van der Waals surface area contributed by atoms with Crippen LogP contribution in [0.1, 0.15) is 60.9 Å². The number of methoxy groups -OCH3 is 3. The van der Waals surface area contributed by atoms with Gasteiger partial charge in [-0.3, -0.25) is 9.69 Å². The minimum Gasteiger partial charge on any atom is -0.493 e. The van der Waals surface area contributed by atoms with Crippen LogP contribution >= 0.6 is 15.9 Å². The molecule has 1 aliphatic carbocycles. The first kappa shape index (κ1) is 29.4. The smallest absolute Gasteiger partial charge is 0.254 e. The summed E-state index contributed by atoms with van der Waals surface area (Å²) in [6, 6.07) is 10.1. The van der Waals surface area contributed by atoms with Gasteiger partial charge >= 0.3 is 0 Å². The van der Waals surface area contributed by atoms with Crippen molar-refractivity contribution in [3.8, 4) is 17.2 Å². The van der Waals surface area contributed by atoms with Crippen LogP contribution in [0.2, 0.25) is 0 Å². The Morgan fingerprint density at radius 2 is 1.67 bits per heavy atom. The van der Waals surface area contributed by atoms with Gasteiger partial charge in [0.2, 0.25) is 5.75 Å². The molecule has 0 N–H and O–H groups in total. The van der Waals surface area contributed by atoms with Gasteiger partial charge in [0, 0.05) is 29.2 Å². The molecule has 2 aromatic rings. The van der Waals surface area contributed by atoms with Crippen molar-refractivity contribution in [2.45, 2.75) is 51.0 Å². The maximum absolute atomic E-state index is 14.1. The molecule has 212 valence electrons. The van der Waals surface area contributed by atoms with Crippen LogP contribution in [0.25, 0.3) is 6.08 Å². The number of rotatable bonds is 11. The molecule has 2 aliphatic rings. The highest BCUT2D eigenvalue weighted by molar-refractivity contribution is 9.11. The largest absolute Gasteiger partial charge is 0.493 e. The van der Waals surface area contributed by atoms with E-state index >= 15 is 0 Å². The van der Waals surface area contributed by atoms with Gasteiger partial charge in [-0.1, -0.05) is 47.3 Å². The summed E-state index contributed by atoms with van der Waals surface area (Å²) in [5.74, 6) is 1.71. The van der Waals surface area contributed by atoms with Crippen LogP contribution in [0.3, 0.4) is 0 Å². The molecule has 1 saturated heterocycles. The summed E-state index contributed by atoms with van der Waals surface area (Å²) < 4.78 is 30.8. The summed E-state index contributed by atoms with van der Waals surface area (Å²) in [7, 11) is 4.65. The third-order valence-electron chi connectivity index (χ3n) is 7.88. The van der Waals surface area contributed by atoms with Gasteiger partial charge in [0.15, 0.2) is 11.5 Å². The van der Waals surface area contributed by atoms with Gasteiger partial charge < -0.3 is 19.1 Å². The van der Waals surface area contributed by atoms with Crippen molar-refractivity contribution < 1.29 is 23.4 Å². The molecule has 8 heteroatoms. The number of likely N-dealkylation sites (tertiary alicyclic amines) is 1. The Kier molecular flexibility index (Phi) is 10.7. The van der Waals surface area contributed by atoms with Crippen LogP contribution in [0, 0.1) is 11.7 Å². The van der Waals surface area contributed by atoms with Crippen LogP contribution in [-0.4, -0.2) is 69.3 Å². The van der Waals surface area contributed by atoms with Gasteiger partial charge in [-0.2, -0.15) is 0 Å². The van der Waals surface area contributed by atoms with E-state index in [4.69, 9.17) is 14.2 Å². The standard InChI is InChI=1S/C31H40BrFN2O4/c1-37-28-17-24(18-29(38-2)30(28)39-3)31(36)35(20-25(32)16-22-11-13-26(33)14-12-22)21-27-10-7-15-34(27)19-23-8-5-4-6-9-23/h11-14,16-18,23,27H,4-10,15,19-21H2,1-3H3/t27-/m0/s1. The Morgan fingerprint density at radius 1 is 1.00 bits per heavy atom. The van der Waals surface area contributed by atoms with Crippen molar-refractivity contribution in [2.24, 2.45) is 5.92 Å². The molecule has 1 amide bonds. The Morgan fingerprint density at radius 3 is 2.28 bits per heavy atom. The van der Waals surface area contributed by atoms with Crippen LogP contribution in [-0.2, 0) is 0 Å². The molecule has 1 saturated carbocycles. The molecule has 1 aliphatic heterocycles. The van der Waals surface area contributed by atoms with E-state index in [2.05, 4.69) is 20.8 Å². The zero-order valence-corrected chi connectivity index (χ0v) is 24.8. The van der Waals surface area contributed by atoms with E-state index in [9.17, 15) is 9.18 Å². The molecule has 4 rings (SSSR count). The second-order valence-electron chi connectivity index (χ2n) is 10.5. The zero-order chi connectivity index (χ0) is 27.8. The number of halogens is 2. The minimum atomic E-state index is -0.276. The summed E-state index contributed by atoms with van der Waals surface area (Å²) in [5.41, 5.74) is 1.34. The normalized spacial score (nSPS) is 18.7. The Hall–Kier alpha value is -2.58. The minimum absolute atomic E-state index is 0.108. The average Bonchev–Trinajstić information content (AvgIpc) is 3.39. The molecule has 0 spiro atoms. The third kappa shape index (κ3) is 7.76. The number of amides is 1. The fraction of sp³-hybridized carbons (Fsp3) is 0.516. The first-order valence-corrected chi connectivity index (χ1v) is 14.7. The highest BCUT2D eigenvalue weighted by Gasteiger charge is 2.31. The lowest BCUT2D eigenvalue weighted by molar-refractivity contribution is 0.0713. The summed E-state index contributed by atoms with van der Waals surface area (Å²) >= 11 is 3.69. The Bertz CT molecular complexity index is 1110. The quantitative estimate of drug-likeness (QED) is 0.284. The van der Waals surface area contributed by atoms with Gasteiger partial charge in [-0.15, -0.1) is 0 Å². The predicted molar refractivity (Wildman–Crippen MR) is 156 cm³/mol. The summed E-state index contributed by atoms with van der Waals surface area (Å²) in [6.45, 7) is 3.21. The van der Waals surface area contributed by atoms with E-state index in [1.165, 1.54) is 44.2 Å². The van der Waals surface area contributed by atoms with Crippen LogP contribution in [0.4, 0.5) is 4.39 Å². The van der Waals surface area contributed by atoms with E-state index in [1.807, 2.05) is 11.0 Å². The van der Waals surface area contributed by atoms with E-state index in [-0.39, 0.29) is 11.7 Å². The van der Waals surface area contributed by atoms with E-state index < -0.39 is 0 Å². The number of benzene rings is 2. The molecule has 0 unspecified atom stereocenters. The number of ether oxygens (including phenoxy) is 3. The zero-order valence-electron chi connectivity index (χ0n) is 23.3. The predicted octanol–water partition coefficient (Wildman–Crippen LogP) is 6.77. The fourth-order valence-corrected chi connectivity index (χ4v) is 6.44. The highest BCUT2D eigenvalue weighted by Crippen LogP contribution is 2.39. The van der Waals surface area contributed by atoms with Gasteiger partial charge in [-0.05, 0) is 74.1 Å². The number of carbonyl (C=O) groups excluding carboxylic acids is 1. The van der Waals surface area contributed by atoms with Crippen molar-refractivity contribution in [1.29, 1.82) is 0 Å². The monoisotopic (exact) mass is 602 g/mol. The number of hydrogen-bond acceptors (Lipinski definition) is 5. The number of nitrogens with zero attached hydrogens (tertiary/aromatic N) is 2.